The van der Waals surface area contributed by atoms with Crippen LogP contribution in [0.5, 0.6) is 0 Å². The Kier molecular flexibility index (Phi) is 48.7. The minimum Gasteiger partial charge on any atom is -0.479 e. The number of hydrogen-bond donors (Lipinski definition) is 3. The van der Waals surface area contributed by atoms with Crippen LogP contribution in [-0.4, -0.2) is 89.2 Å². The van der Waals surface area contributed by atoms with E-state index in [1.54, 1.807) is 18.2 Å². The summed E-state index contributed by atoms with van der Waals surface area (Å²) in [5.41, 5.74) is 0. The predicted molar refractivity (Wildman–Crippen MR) is 321 cm³/mol. The van der Waals surface area contributed by atoms with Crippen molar-refractivity contribution in [3.63, 3.8) is 0 Å². The molecule has 444 valence electrons. The van der Waals surface area contributed by atoms with Crippen molar-refractivity contribution in [2.24, 2.45) is 0 Å². The highest BCUT2D eigenvalue weighted by molar-refractivity contribution is 5.74. The molecule has 0 spiro atoms. The van der Waals surface area contributed by atoms with Crippen molar-refractivity contribution in [2.45, 2.75) is 250 Å². The average molecular weight is 1100 g/mol. The highest BCUT2D eigenvalue weighted by Gasteiger charge is 2.50. The number of carboxylic acid groups (broad SMARTS) is 1. The number of aliphatic hydroxyl groups excluding tert-OH is 2. The third-order valence-electron chi connectivity index (χ3n) is 12.8. The Morgan fingerprint density at radius 3 is 1.27 bits per heavy atom. The summed E-state index contributed by atoms with van der Waals surface area (Å²) in [5, 5.41) is 31.4. The molecule has 0 aromatic rings. The number of unbranched alkanes of at least 4 members (excludes halogenated alkanes) is 15. The minimum atomic E-state index is -1.95. The van der Waals surface area contributed by atoms with Crippen LogP contribution in [0.4, 0.5) is 0 Å². The number of aliphatic carboxylic acids is 1. The fourth-order valence-electron chi connectivity index (χ4n) is 8.22. The van der Waals surface area contributed by atoms with Gasteiger partial charge in [0.1, 0.15) is 18.8 Å². The highest BCUT2D eigenvalue weighted by atomic mass is 16.7. The van der Waals surface area contributed by atoms with E-state index in [1.807, 2.05) is 30.4 Å². The van der Waals surface area contributed by atoms with Crippen LogP contribution in [0, 0.1) is 0 Å². The maximum atomic E-state index is 13.1. The molecule has 3 N–H and O–H groups in total. The maximum Gasteiger partial charge on any atom is 0.335 e. The number of ether oxygens (including phenoxy) is 5. The van der Waals surface area contributed by atoms with E-state index in [-0.39, 0.29) is 25.9 Å². The van der Waals surface area contributed by atoms with Gasteiger partial charge >= 0.3 is 23.9 Å². The summed E-state index contributed by atoms with van der Waals surface area (Å²) in [6.07, 6.45) is 63.4. The van der Waals surface area contributed by atoms with Gasteiger partial charge in [0.15, 0.2) is 24.6 Å². The van der Waals surface area contributed by atoms with Gasteiger partial charge in [-0.2, -0.15) is 0 Å². The first kappa shape index (κ1) is 71.9. The standard InChI is InChI=1S/C67H104O12/c1-4-7-10-13-16-19-22-25-28-29-30-31-34-35-38-41-44-47-50-53-59(68)75-56-58(77-60(69)54-51-48-45-42-39-36-32-26-23-20-17-14-11-8-5-2)57-76-67-65(63(72)62(71)64(79-67)66(73)74)78-61(70)55-52-49-46-43-40-37-33-27-24-21-18-15-12-9-6-3/h8-9,11-12,17-18,20-21,25-28,32-33,39-40,42-43,48-49,51-52,58,62-65,67,71-72H,4-7,10,13-16,19,22-24,29-31,34-38,41,44-47,50,53-57H2,1-3H3,(H,73,74)/b11-8-,12-9-,20-17-,21-18-,28-25-,32-26-,33-27-,42-39-,43-40-,51-48-,52-49-. The van der Waals surface area contributed by atoms with Gasteiger partial charge in [-0.3, -0.25) is 14.4 Å². The molecule has 12 heteroatoms. The predicted octanol–water partition coefficient (Wildman–Crippen LogP) is 15.8. The zero-order chi connectivity index (χ0) is 57.5. The van der Waals surface area contributed by atoms with E-state index in [9.17, 15) is 34.5 Å². The van der Waals surface area contributed by atoms with Crippen LogP contribution in [0.25, 0.3) is 0 Å². The Morgan fingerprint density at radius 1 is 0.443 bits per heavy atom. The van der Waals surface area contributed by atoms with E-state index in [2.05, 4.69) is 106 Å². The molecule has 6 atom stereocenters. The number of esters is 3. The molecular weight excluding hydrogens is 997 g/mol. The smallest absolute Gasteiger partial charge is 0.335 e. The van der Waals surface area contributed by atoms with Gasteiger partial charge in [-0.05, 0) is 96.3 Å². The van der Waals surface area contributed by atoms with Crippen molar-refractivity contribution in [1.82, 2.24) is 0 Å². The molecule has 0 bridgehead atoms. The van der Waals surface area contributed by atoms with Gasteiger partial charge in [0, 0.05) is 6.42 Å². The largest absolute Gasteiger partial charge is 0.479 e. The normalized spacial score (nSPS) is 18.8. The average Bonchev–Trinajstić information content (AvgIpc) is 3.46. The van der Waals surface area contributed by atoms with Crippen LogP contribution >= 0.6 is 0 Å². The summed E-state index contributed by atoms with van der Waals surface area (Å²) in [6, 6.07) is 0. The van der Waals surface area contributed by atoms with Crippen molar-refractivity contribution in [2.75, 3.05) is 13.2 Å². The zero-order valence-corrected chi connectivity index (χ0v) is 48.8. The van der Waals surface area contributed by atoms with Crippen LogP contribution in [0.3, 0.4) is 0 Å². The van der Waals surface area contributed by atoms with Crippen molar-refractivity contribution in [3.05, 3.63) is 134 Å². The van der Waals surface area contributed by atoms with Crippen LogP contribution in [-0.2, 0) is 42.9 Å². The second kappa shape index (κ2) is 53.5. The van der Waals surface area contributed by atoms with E-state index in [4.69, 9.17) is 23.7 Å². The quantitative estimate of drug-likeness (QED) is 0.0228. The second-order valence-corrected chi connectivity index (χ2v) is 19.9. The van der Waals surface area contributed by atoms with Crippen LogP contribution in [0.15, 0.2) is 134 Å². The number of allylic oxidation sites excluding steroid dienone is 20. The third kappa shape index (κ3) is 43.4. The number of rotatable bonds is 49. The Hall–Kier alpha value is -5.14. The summed E-state index contributed by atoms with van der Waals surface area (Å²) >= 11 is 0. The van der Waals surface area contributed by atoms with Gasteiger partial charge < -0.3 is 39.0 Å². The van der Waals surface area contributed by atoms with Gasteiger partial charge in [-0.15, -0.1) is 0 Å². The Morgan fingerprint density at radius 2 is 0.835 bits per heavy atom. The SMILES string of the molecule is CC/C=C\C/C=C\C/C=C\C/C=C\C/C=C\CC(=O)OC(COC(=O)CCCCCCCCCCC/C=C\CCCCCCCC)COC1OC(C(=O)O)C(O)C(O)C1OC(=O)C/C=C\C/C=C\C/C=C\C/C=C\C/C=C\CC. The summed E-state index contributed by atoms with van der Waals surface area (Å²) in [6.45, 7) is 5.62. The van der Waals surface area contributed by atoms with Crippen molar-refractivity contribution in [1.29, 1.82) is 0 Å². The molecule has 79 heavy (non-hydrogen) atoms. The van der Waals surface area contributed by atoms with Gasteiger partial charge in [0.25, 0.3) is 0 Å². The van der Waals surface area contributed by atoms with Gasteiger partial charge in [-0.1, -0.05) is 231 Å². The summed E-state index contributed by atoms with van der Waals surface area (Å²) in [4.78, 5) is 51.0. The lowest BCUT2D eigenvalue weighted by Gasteiger charge is -2.40. The first-order chi connectivity index (χ1) is 38.6. The topological polar surface area (TPSA) is 175 Å². The van der Waals surface area contributed by atoms with Crippen molar-refractivity contribution in [3.8, 4) is 0 Å². The Balaban J connectivity index is 2.77. The summed E-state index contributed by atoms with van der Waals surface area (Å²) < 4.78 is 28.2. The monoisotopic (exact) mass is 1100 g/mol. The number of carbonyl (C=O) groups excluding carboxylic acids is 3. The van der Waals surface area contributed by atoms with Gasteiger partial charge in [0.2, 0.25) is 0 Å². The van der Waals surface area contributed by atoms with E-state index in [0.717, 1.165) is 77.0 Å². The van der Waals surface area contributed by atoms with E-state index in [0.29, 0.717) is 19.3 Å². The molecule has 0 amide bonds. The molecule has 0 saturated carbocycles. The van der Waals surface area contributed by atoms with Gasteiger partial charge in [-0.25, -0.2) is 4.79 Å². The Labute approximate surface area is 477 Å². The third-order valence-corrected chi connectivity index (χ3v) is 12.8. The lowest BCUT2D eigenvalue weighted by molar-refractivity contribution is -0.301. The lowest BCUT2D eigenvalue weighted by Crippen LogP contribution is -2.61. The van der Waals surface area contributed by atoms with Crippen LogP contribution in [0.1, 0.15) is 213 Å². The van der Waals surface area contributed by atoms with Crippen LogP contribution < -0.4 is 0 Å². The number of carboxylic acids is 1. The number of hydrogen-bond acceptors (Lipinski definition) is 11. The van der Waals surface area contributed by atoms with Crippen LogP contribution in [0.2, 0.25) is 0 Å². The number of carbonyl (C=O) groups is 4. The first-order valence-corrected chi connectivity index (χ1v) is 30.2. The summed E-state index contributed by atoms with van der Waals surface area (Å²) in [5.74, 6) is -3.47. The van der Waals surface area contributed by atoms with E-state index >= 15 is 0 Å². The molecule has 1 aliphatic rings. The Bertz CT molecular complexity index is 1880. The zero-order valence-electron chi connectivity index (χ0n) is 48.8. The molecule has 1 aliphatic heterocycles. The van der Waals surface area contributed by atoms with Crippen molar-refractivity contribution >= 4 is 23.9 Å². The fourth-order valence-corrected chi connectivity index (χ4v) is 8.22. The summed E-state index contributed by atoms with van der Waals surface area (Å²) in [7, 11) is 0. The minimum absolute atomic E-state index is 0.0867. The molecule has 0 aromatic heterocycles. The molecule has 0 aromatic carbocycles. The lowest BCUT2D eigenvalue weighted by atomic mass is 9.98. The van der Waals surface area contributed by atoms with E-state index < -0.39 is 67.3 Å². The number of aliphatic hydroxyl groups is 2. The molecule has 1 saturated heterocycles. The molecular formula is C67H104O12. The molecule has 1 heterocycles. The molecule has 12 nitrogen and oxygen atoms in total. The molecule has 0 radical (unpaired) electrons. The first-order valence-electron chi connectivity index (χ1n) is 30.2. The second-order valence-electron chi connectivity index (χ2n) is 19.9. The maximum absolute atomic E-state index is 13.1. The highest BCUT2D eigenvalue weighted by Crippen LogP contribution is 2.26. The molecule has 6 unspecified atom stereocenters. The molecule has 0 aliphatic carbocycles. The fraction of sp³-hybridized carbons (Fsp3) is 0.612. The van der Waals surface area contributed by atoms with E-state index in [1.165, 1.54) is 77.0 Å². The van der Waals surface area contributed by atoms with Crippen molar-refractivity contribution < 1.29 is 58.2 Å². The molecule has 1 rings (SSSR count). The molecule has 1 fully saturated rings. The van der Waals surface area contributed by atoms with Gasteiger partial charge in [0.05, 0.1) is 19.4 Å².